The van der Waals surface area contributed by atoms with E-state index >= 15 is 0 Å². The Bertz CT molecular complexity index is 868. The van der Waals surface area contributed by atoms with Crippen LogP contribution in [0.5, 0.6) is 5.75 Å². The molecule has 4 N–H and O–H groups in total. The molecule has 154 valence electrons. The summed E-state index contributed by atoms with van der Waals surface area (Å²) in [4.78, 5) is 23.2. The van der Waals surface area contributed by atoms with E-state index in [9.17, 15) is 19.1 Å². The molecule has 2 rings (SSSR count). The van der Waals surface area contributed by atoms with E-state index in [1.807, 2.05) is 19.1 Å². The van der Waals surface area contributed by atoms with Crippen molar-refractivity contribution in [1.29, 1.82) is 0 Å². The SMILES string of the molecule is Cc1ccc(NC(=O)O[C@H](CCC/C=C/C(=O)NO)c2ccc(O)c(F)c2)cc1. The monoisotopic (exact) mass is 402 g/mol. The fourth-order valence-electron chi connectivity index (χ4n) is 2.58. The molecule has 0 aliphatic rings. The fourth-order valence-corrected chi connectivity index (χ4v) is 2.58. The third kappa shape index (κ3) is 7.27. The summed E-state index contributed by atoms with van der Waals surface area (Å²) in [6.07, 6.45) is 2.66. The number of nitrogens with one attached hydrogen (secondary N) is 2. The molecule has 0 bridgehead atoms. The molecule has 2 aromatic carbocycles. The number of hydrogen-bond donors (Lipinski definition) is 4. The Kier molecular flexibility index (Phi) is 8.17. The molecule has 0 saturated carbocycles. The number of carbonyl (C=O) groups excluding carboxylic acids is 2. The maximum Gasteiger partial charge on any atom is 0.412 e. The van der Waals surface area contributed by atoms with E-state index in [2.05, 4.69) is 5.32 Å². The van der Waals surface area contributed by atoms with Crippen LogP contribution in [0.1, 0.15) is 36.5 Å². The molecule has 2 amide bonds. The van der Waals surface area contributed by atoms with Gasteiger partial charge in [-0.25, -0.2) is 14.7 Å². The minimum atomic E-state index is -0.811. The number of amides is 2. The van der Waals surface area contributed by atoms with Crippen LogP contribution in [-0.4, -0.2) is 22.3 Å². The van der Waals surface area contributed by atoms with E-state index in [0.29, 0.717) is 30.5 Å². The molecule has 0 aromatic heterocycles. The maximum absolute atomic E-state index is 13.7. The van der Waals surface area contributed by atoms with Crippen molar-refractivity contribution in [1.82, 2.24) is 5.48 Å². The van der Waals surface area contributed by atoms with Gasteiger partial charge in [-0.1, -0.05) is 29.8 Å². The zero-order chi connectivity index (χ0) is 21.2. The van der Waals surface area contributed by atoms with Gasteiger partial charge in [0.2, 0.25) is 0 Å². The number of hydroxylamine groups is 1. The molecule has 0 fully saturated rings. The summed E-state index contributed by atoms with van der Waals surface area (Å²) >= 11 is 0. The minimum absolute atomic E-state index is 0.358. The number of ether oxygens (including phenoxy) is 1. The van der Waals surface area contributed by atoms with E-state index in [4.69, 9.17) is 9.94 Å². The maximum atomic E-state index is 13.7. The predicted molar refractivity (Wildman–Crippen MR) is 105 cm³/mol. The number of halogens is 1. The van der Waals surface area contributed by atoms with Crippen molar-refractivity contribution in [2.24, 2.45) is 0 Å². The summed E-state index contributed by atoms with van der Waals surface area (Å²) in [6, 6.07) is 11.0. The molecular weight excluding hydrogens is 379 g/mol. The number of allylic oxidation sites excluding steroid dienone is 1. The quantitative estimate of drug-likeness (QED) is 0.227. The van der Waals surface area contributed by atoms with Crippen molar-refractivity contribution in [3.8, 4) is 5.75 Å². The molecular formula is C21H23FN2O5. The highest BCUT2D eigenvalue weighted by Gasteiger charge is 2.18. The van der Waals surface area contributed by atoms with Gasteiger partial charge in [-0.15, -0.1) is 0 Å². The van der Waals surface area contributed by atoms with Crippen molar-refractivity contribution >= 4 is 17.7 Å². The van der Waals surface area contributed by atoms with Crippen LogP contribution in [0.15, 0.2) is 54.6 Å². The Labute approximate surface area is 167 Å². The Morgan fingerprint density at radius 2 is 1.93 bits per heavy atom. The summed E-state index contributed by atoms with van der Waals surface area (Å²) in [7, 11) is 0. The Morgan fingerprint density at radius 3 is 2.59 bits per heavy atom. The molecule has 8 heteroatoms. The average Bonchev–Trinajstić information content (AvgIpc) is 2.70. The molecule has 2 aromatic rings. The first-order valence-corrected chi connectivity index (χ1v) is 9.02. The van der Waals surface area contributed by atoms with E-state index in [1.165, 1.54) is 23.7 Å². The number of unbranched alkanes of at least 4 members (excludes halogenated alkanes) is 1. The van der Waals surface area contributed by atoms with Gasteiger partial charge in [0, 0.05) is 11.8 Å². The van der Waals surface area contributed by atoms with Crippen molar-refractivity contribution in [2.45, 2.75) is 32.3 Å². The first-order valence-electron chi connectivity index (χ1n) is 9.02. The summed E-state index contributed by atoms with van der Waals surface area (Å²) in [5.74, 6) is -1.94. The van der Waals surface area contributed by atoms with Crippen LogP contribution in [0.2, 0.25) is 0 Å². The van der Waals surface area contributed by atoms with Crippen molar-refractivity contribution in [2.75, 3.05) is 5.32 Å². The lowest BCUT2D eigenvalue weighted by Gasteiger charge is -2.19. The van der Waals surface area contributed by atoms with Crippen LogP contribution in [0.4, 0.5) is 14.9 Å². The van der Waals surface area contributed by atoms with Crippen LogP contribution >= 0.6 is 0 Å². The Morgan fingerprint density at radius 1 is 1.21 bits per heavy atom. The summed E-state index contributed by atoms with van der Waals surface area (Å²) < 4.78 is 19.2. The minimum Gasteiger partial charge on any atom is -0.505 e. The van der Waals surface area contributed by atoms with Gasteiger partial charge in [-0.2, -0.15) is 0 Å². The highest BCUT2D eigenvalue weighted by molar-refractivity contribution is 5.86. The molecule has 29 heavy (non-hydrogen) atoms. The van der Waals surface area contributed by atoms with Gasteiger partial charge < -0.3 is 9.84 Å². The molecule has 7 nitrogen and oxygen atoms in total. The second-order valence-electron chi connectivity index (χ2n) is 6.41. The predicted octanol–water partition coefficient (Wildman–Crippen LogP) is 4.36. The van der Waals surface area contributed by atoms with Crippen molar-refractivity contribution < 1.29 is 29.0 Å². The van der Waals surface area contributed by atoms with Crippen LogP contribution in [0.25, 0.3) is 0 Å². The summed E-state index contributed by atoms with van der Waals surface area (Å²) in [6.45, 7) is 1.93. The van der Waals surface area contributed by atoms with Crippen LogP contribution in [0.3, 0.4) is 0 Å². The van der Waals surface area contributed by atoms with E-state index in [-0.39, 0.29) is 0 Å². The van der Waals surface area contributed by atoms with E-state index < -0.39 is 29.7 Å². The largest absolute Gasteiger partial charge is 0.505 e. The molecule has 0 aliphatic carbocycles. The van der Waals surface area contributed by atoms with Gasteiger partial charge in [0.25, 0.3) is 5.91 Å². The van der Waals surface area contributed by atoms with Crippen molar-refractivity contribution in [3.05, 3.63) is 71.6 Å². The summed E-state index contributed by atoms with van der Waals surface area (Å²) in [5.41, 5.74) is 3.50. The lowest BCUT2D eigenvalue weighted by Crippen LogP contribution is -2.18. The number of carbonyl (C=O) groups is 2. The van der Waals surface area contributed by atoms with Gasteiger partial charge in [0.05, 0.1) is 0 Å². The van der Waals surface area contributed by atoms with E-state index in [0.717, 1.165) is 11.6 Å². The van der Waals surface area contributed by atoms with Gasteiger partial charge in [0.1, 0.15) is 6.10 Å². The number of rotatable bonds is 8. The smallest absolute Gasteiger partial charge is 0.412 e. The molecule has 0 saturated heterocycles. The zero-order valence-corrected chi connectivity index (χ0v) is 15.9. The molecule has 0 aliphatic heterocycles. The number of phenols is 1. The highest BCUT2D eigenvalue weighted by atomic mass is 19.1. The number of hydrogen-bond acceptors (Lipinski definition) is 5. The molecule has 0 radical (unpaired) electrons. The number of benzene rings is 2. The third-order valence-corrected chi connectivity index (χ3v) is 4.11. The normalized spacial score (nSPS) is 11.8. The van der Waals surface area contributed by atoms with Gasteiger partial charge >= 0.3 is 6.09 Å². The molecule has 0 heterocycles. The van der Waals surface area contributed by atoms with Gasteiger partial charge in [-0.3, -0.25) is 15.3 Å². The lowest BCUT2D eigenvalue weighted by atomic mass is 10.0. The standard InChI is InChI=1S/C21H23FN2O5/c1-14-7-10-16(11-8-14)23-21(27)29-19(5-3-2-4-6-20(26)24-28)15-9-12-18(25)17(22)13-15/h4,6-13,19,25,28H,2-3,5H2,1H3,(H,23,27)(H,24,26)/b6-4+/t19-/m1/s1. The number of aryl methyl sites for hydroxylation is 1. The first-order chi connectivity index (χ1) is 13.9. The van der Waals surface area contributed by atoms with Gasteiger partial charge in [0.15, 0.2) is 11.6 Å². The van der Waals surface area contributed by atoms with Crippen LogP contribution in [-0.2, 0) is 9.53 Å². The third-order valence-electron chi connectivity index (χ3n) is 4.11. The zero-order valence-electron chi connectivity index (χ0n) is 15.9. The summed E-state index contributed by atoms with van der Waals surface area (Å²) in [5, 5.41) is 20.4. The first kappa shape index (κ1) is 21.9. The Balaban J connectivity index is 2.03. The second-order valence-corrected chi connectivity index (χ2v) is 6.41. The number of phenolic OH excluding ortho intramolecular Hbond substituents is 1. The number of aromatic hydroxyl groups is 1. The fraction of sp³-hybridized carbons (Fsp3) is 0.238. The lowest BCUT2D eigenvalue weighted by molar-refractivity contribution is -0.124. The topological polar surface area (TPSA) is 108 Å². The molecule has 0 unspecified atom stereocenters. The number of anilines is 1. The van der Waals surface area contributed by atoms with Crippen LogP contribution in [0, 0.1) is 12.7 Å². The second kappa shape index (κ2) is 10.8. The Hall–Kier alpha value is -3.39. The average molecular weight is 402 g/mol. The van der Waals surface area contributed by atoms with Gasteiger partial charge in [-0.05, 0) is 56.0 Å². The molecule has 1 atom stereocenters. The van der Waals surface area contributed by atoms with Crippen molar-refractivity contribution in [3.63, 3.8) is 0 Å². The molecule has 0 spiro atoms. The van der Waals surface area contributed by atoms with E-state index in [1.54, 1.807) is 18.2 Å². The highest BCUT2D eigenvalue weighted by Crippen LogP contribution is 2.28. The van der Waals surface area contributed by atoms with Crippen LogP contribution < -0.4 is 10.8 Å².